The van der Waals surface area contributed by atoms with Crippen LogP contribution < -0.4 is 0 Å². The van der Waals surface area contributed by atoms with Gasteiger partial charge in [-0.25, -0.2) is 9.37 Å². The van der Waals surface area contributed by atoms with E-state index in [2.05, 4.69) is 4.98 Å². The first kappa shape index (κ1) is 9.08. The molecule has 2 aromatic rings. The number of fused-ring (bicyclic) bond motifs is 1. The van der Waals surface area contributed by atoms with Crippen molar-refractivity contribution in [2.45, 2.75) is 6.42 Å². The number of nitrogens with zero attached hydrogens (tertiary/aromatic N) is 1. The van der Waals surface area contributed by atoms with Crippen LogP contribution >= 0.6 is 11.3 Å². The minimum Gasteiger partial charge on any atom is -0.481 e. The summed E-state index contributed by atoms with van der Waals surface area (Å²) >= 11 is 1.09. The predicted octanol–water partition coefficient (Wildman–Crippen LogP) is 2.06. The molecular formula is C9H6FNO2S. The normalized spacial score (nSPS) is 10.6. The van der Waals surface area contributed by atoms with Gasteiger partial charge in [0.15, 0.2) is 0 Å². The molecule has 0 amide bonds. The number of thiazole rings is 1. The third-order valence-corrected chi connectivity index (χ3v) is 2.79. The summed E-state index contributed by atoms with van der Waals surface area (Å²) in [6, 6.07) is 4.56. The summed E-state index contributed by atoms with van der Waals surface area (Å²) in [4.78, 5) is 14.4. The average molecular weight is 211 g/mol. The molecule has 1 aromatic carbocycles. The molecule has 0 aliphatic heterocycles. The van der Waals surface area contributed by atoms with Crippen molar-refractivity contribution in [2.75, 3.05) is 0 Å². The van der Waals surface area contributed by atoms with Crippen LogP contribution in [0.3, 0.4) is 0 Å². The summed E-state index contributed by atoms with van der Waals surface area (Å²) in [7, 11) is 0. The lowest BCUT2D eigenvalue weighted by atomic mass is 10.3. The predicted molar refractivity (Wildman–Crippen MR) is 50.9 cm³/mol. The number of hydrogen-bond acceptors (Lipinski definition) is 3. The lowest BCUT2D eigenvalue weighted by molar-refractivity contribution is -0.136. The number of carboxylic acid groups (broad SMARTS) is 1. The van der Waals surface area contributed by atoms with E-state index in [4.69, 9.17) is 5.11 Å². The Morgan fingerprint density at radius 3 is 3.00 bits per heavy atom. The highest BCUT2D eigenvalue weighted by molar-refractivity contribution is 7.18. The molecule has 0 bridgehead atoms. The number of benzene rings is 1. The molecule has 72 valence electrons. The smallest absolute Gasteiger partial charge is 0.310 e. The third-order valence-electron chi connectivity index (χ3n) is 1.71. The fourth-order valence-corrected chi connectivity index (χ4v) is 2.13. The van der Waals surface area contributed by atoms with Crippen LogP contribution in [0.1, 0.15) is 5.01 Å². The van der Waals surface area contributed by atoms with Gasteiger partial charge in [0.1, 0.15) is 10.8 Å². The number of carboxylic acids is 1. The van der Waals surface area contributed by atoms with Crippen LogP contribution in [0.15, 0.2) is 18.2 Å². The van der Waals surface area contributed by atoms with Crippen LogP contribution in [0.5, 0.6) is 0 Å². The molecule has 2 rings (SSSR count). The van der Waals surface area contributed by atoms with Crippen LogP contribution in [0.2, 0.25) is 0 Å². The van der Waals surface area contributed by atoms with Gasteiger partial charge in [0, 0.05) is 0 Å². The highest BCUT2D eigenvalue weighted by atomic mass is 32.1. The van der Waals surface area contributed by atoms with E-state index in [1.807, 2.05) is 0 Å². The molecule has 1 heterocycles. The van der Waals surface area contributed by atoms with Gasteiger partial charge in [-0.3, -0.25) is 4.79 Å². The van der Waals surface area contributed by atoms with E-state index >= 15 is 0 Å². The molecule has 5 heteroatoms. The van der Waals surface area contributed by atoms with Gasteiger partial charge in [-0.1, -0.05) is 6.07 Å². The van der Waals surface area contributed by atoms with E-state index in [9.17, 15) is 9.18 Å². The van der Waals surface area contributed by atoms with Crippen LogP contribution in [0.4, 0.5) is 4.39 Å². The van der Waals surface area contributed by atoms with Crippen molar-refractivity contribution in [1.29, 1.82) is 0 Å². The number of halogens is 1. The van der Waals surface area contributed by atoms with Gasteiger partial charge >= 0.3 is 5.97 Å². The van der Waals surface area contributed by atoms with E-state index in [0.29, 0.717) is 15.2 Å². The van der Waals surface area contributed by atoms with E-state index in [1.165, 1.54) is 6.07 Å². The molecule has 0 saturated carbocycles. The first-order chi connectivity index (χ1) is 6.66. The summed E-state index contributed by atoms with van der Waals surface area (Å²) in [6.45, 7) is 0. The quantitative estimate of drug-likeness (QED) is 0.827. The maximum Gasteiger partial charge on any atom is 0.310 e. The molecular weight excluding hydrogens is 205 g/mol. The third kappa shape index (κ3) is 1.58. The monoisotopic (exact) mass is 211 g/mol. The first-order valence-electron chi connectivity index (χ1n) is 3.92. The summed E-state index contributed by atoms with van der Waals surface area (Å²) in [6.07, 6.45) is -0.154. The van der Waals surface area contributed by atoms with Gasteiger partial charge in [-0.2, -0.15) is 0 Å². The second-order valence-electron chi connectivity index (χ2n) is 2.77. The topological polar surface area (TPSA) is 50.2 Å². The maximum absolute atomic E-state index is 13.2. The molecule has 1 N–H and O–H groups in total. The summed E-state index contributed by atoms with van der Waals surface area (Å²) in [5.41, 5.74) is 0.520. The zero-order chi connectivity index (χ0) is 10.1. The molecule has 0 saturated heterocycles. The fraction of sp³-hybridized carbons (Fsp3) is 0.111. The molecule has 0 aliphatic carbocycles. The van der Waals surface area contributed by atoms with Crippen molar-refractivity contribution >= 4 is 27.5 Å². The maximum atomic E-state index is 13.2. The number of hydrogen-bond donors (Lipinski definition) is 1. The Balaban J connectivity index is 2.51. The molecule has 3 nitrogen and oxygen atoms in total. The van der Waals surface area contributed by atoms with Crippen molar-refractivity contribution in [3.63, 3.8) is 0 Å². The van der Waals surface area contributed by atoms with Crippen molar-refractivity contribution < 1.29 is 14.3 Å². The lowest BCUT2D eigenvalue weighted by Crippen LogP contribution is -1.98. The Morgan fingerprint density at radius 1 is 1.57 bits per heavy atom. The Kier molecular flexibility index (Phi) is 2.17. The summed E-state index contributed by atoms with van der Waals surface area (Å²) in [5, 5.41) is 8.96. The minimum absolute atomic E-state index is 0.154. The standard InChI is InChI=1S/C9H6FNO2S/c10-5-2-1-3-6-9(5)14-7(11-6)4-8(12)13/h1-3H,4H2,(H,12,13). The van der Waals surface area contributed by atoms with Gasteiger partial charge < -0.3 is 5.11 Å². The molecule has 0 atom stereocenters. The minimum atomic E-state index is -0.954. The van der Waals surface area contributed by atoms with Crippen LogP contribution in [0, 0.1) is 5.82 Å². The zero-order valence-corrected chi connectivity index (χ0v) is 7.84. The van der Waals surface area contributed by atoms with Crippen LogP contribution in [-0.2, 0) is 11.2 Å². The number of carbonyl (C=O) groups is 1. The number of aromatic nitrogens is 1. The second-order valence-corrected chi connectivity index (χ2v) is 3.85. The second kappa shape index (κ2) is 3.34. The largest absolute Gasteiger partial charge is 0.481 e. The molecule has 0 spiro atoms. The van der Waals surface area contributed by atoms with E-state index in [1.54, 1.807) is 12.1 Å². The van der Waals surface area contributed by atoms with Crippen molar-refractivity contribution in [3.05, 3.63) is 29.0 Å². The Labute approximate surface area is 82.8 Å². The molecule has 0 radical (unpaired) electrons. The highest BCUT2D eigenvalue weighted by Crippen LogP contribution is 2.24. The van der Waals surface area contributed by atoms with Gasteiger partial charge in [-0.05, 0) is 12.1 Å². The van der Waals surface area contributed by atoms with E-state index in [0.717, 1.165) is 11.3 Å². The van der Waals surface area contributed by atoms with Crippen LogP contribution in [-0.4, -0.2) is 16.1 Å². The van der Waals surface area contributed by atoms with Crippen molar-refractivity contribution in [3.8, 4) is 0 Å². The average Bonchev–Trinajstić information content (AvgIpc) is 2.47. The fourth-order valence-electron chi connectivity index (χ4n) is 1.17. The Hall–Kier alpha value is -1.49. The molecule has 1 aromatic heterocycles. The van der Waals surface area contributed by atoms with Crippen LogP contribution in [0.25, 0.3) is 10.2 Å². The van der Waals surface area contributed by atoms with Gasteiger partial charge in [0.2, 0.25) is 0 Å². The van der Waals surface area contributed by atoms with Crippen molar-refractivity contribution in [1.82, 2.24) is 4.98 Å². The molecule has 0 fully saturated rings. The number of aliphatic carboxylic acids is 1. The number of rotatable bonds is 2. The van der Waals surface area contributed by atoms with E-state index in [-0.39, 0.29) is 12.2 Å². The van der Waals surface area contributed by atoms with Gasteiger partial charge in [0.25, 0.3) is 0 Å². The highest BCUT2D eigenvalue weighted by Gasteiger charge is 2.09. The lowest BCUT2D eigenvalue weighted by Gasteiger charge is -1.86. The zero-order valence-electron chi connectivity index (χ0n) is 7.03. The molecule has 14 heavy (non-hydrogen) atoms. The Bertz CT molecular complexity index is 495. The van der Waals surface area contributed by atoms with Crippen molar-refractivity contribution in [2.24, 2.45) is 0 Å². The van der Waals surface area contributed by atoms with Gasteiger partial charge in [0.05, 0.1) is 16.6 Å². The van der Waals surface area contributed by atoms with Gasteiger partial charge in [-0.15, -0.1) is 11.3 Å². The first-order valence-corrected chi connectivity index (χ1v) is 4.74. The molecule has 0 aliphatic rings. The SMILES string of the molecule is O=C(O)Cc1nc2cccc(F)c2s1. The Morgan fingerprint density at radius 2 is 2.36 bits per heavy atom. The summed E-state index contributed by atoms with van der Waals surface area (Å²) < 4.78 is 13.6. The summed E-state index contributed by atoms with van der Waals surface area (Å²) in [5.74, 6) is -1.30. The van der Waals surface area contributed by atoms with E-state index < -0.39 is 5.97 Å². The molecule has 0 unspecified atom stereocenters.